The Morgan fingerprint density at radius 1 is 1.00 bits per heavy atom. The smallest absolute Gasteiger partial charge is 0.193 e. The average Bonchev–Trinajstić information content (AvgIpc) is 3.03. The molecule has 0 bridgehead atoms. The van der Waals surface area contributed by atoms with Crippen molar-refractivity contribution in [2.75, 3.05) is 5.32 Å². The highest BCUT2D eigenvalue weighted by Crippen LogP contribution is 2.13. The molecule has 0 atom stereocenters. The van der Waals surface area contributed by atoms with Gasteiger partial charge in [0.15, 0.2) is 5.82 Å². The molecule has 0 unspecified atom stereocenters. The second kappa shape index (κ2) is 9.10. The van der Waals surface area contributed by atoms with Gasteiger partial charge in [0, 0.05) is 5.69 Å². The lowest BCUT2D eigenvalue weighted by Crippen LogP contribution is -2.01. The van der Waals surface area contributed by atoms with Crippen LogP contribution in [0.4, 0.5) is 5.69 Å². The summed E-state index contributed by atoms with van der Waals surface area (Å²) >= 11 is 0. The average molecular weight is 287 g/mol. The van der Waals surface area contributed by atoms with Crippen LogP contribution in [0.3, 0.4) is 0 Å². The molecule has 21 heavy (non-hydrogen) atoms. The number of H-pyrrole nitrogens is 1. The monoisotopic (exact) mass is 287 g/mol. The topological polar surface area (TPSA) is 66.5 Å². The number of rotatable bonds is 10. The number of hydrogen-bond donors (Lipinski definition) is 2. The second-order valence-electron chi connectivity index (χ2n) is 5.40. The maximum Gasteiger partial charge on any atom is 0.193 e. The van der Waals surface area contributed by atoms with Gasteiger partial charge in [0.25, 0.3) is 0 Å². The number of nitrogens with one attached hydrogen (secondary N) is 2. The highest BCUT2D eigenvalue weighted by atomic mass is 15.5. The molecule has 2 aromatic rings. The van der Waals surface area contributed by atoms with Crippen molar-refractivity contribution < 1.29 is 0 Å². The molecule has 1 heterocycles. The van der Waals surface area contributed by atoms with Crippen molar-refractivity contribution in [3.05, 3.63) is 35.7 Å². The first-order chi connectivity index (χ1) is 10.4. The molecule has 0 spiro atoms. The molecule has 114 valence electrons. The van der Waals surface area contributed by atoms with Gasteiger partial charge in [0.2, 0.25) is 0 Å². The Balaban J connectivity index is 1.64. The van der Waals surface area contributed by atoms with E-state index in [0.717, 1.165) is 5.69 Å². The van der Waals surface area contributed by atoms with Gasteiger partial charge in [0.05, 0.1) is 6.54 Å². The molecule has 2 rings (SSSR count). The molecule has 0 aliphatic heterocycles. The van der Waals surface area contributed by atoms with E-state index in [1.54, 1.807) is 0 Å². The molecule has 0 fully saturated rings. The fraction of sp³-hybridized carbons (Fsp3) is 0.562. The largest absolute Gasteiger partial charge is 0.378 e. The van der Waals surface area contributed by atoms with E-state index in [0.29, 0.717) is 12.4 Å². The zero-order valence-electron chi connectivity index (χ0n) is 12.8. The predicted molar refractivity (Wildman–Crippen MR) is 85.0 cm³/mol. The van der Waals surface area contributed by atoms with E-state index in [1.807, 2.05) is 0 Å². The second-order valence-corrected chi connectivity index (χ2v) is 5.40. The molecular formula is C16H25N5. The predicted octanol–water partition coefficient (Wildman–Crippen LogP) is 3.71. The summed E-state index contributed by atoms with van der Waals surface area (Å²) in [4.78, 5) is 0. The normalized spacial score (nSPS) is 10.7. The minimum absolute atomic E-state index is 0.591. The van der Waals surface area contributed by atoms with Crippen LogP contribution in [0.1, 0.15) is 56.8 Å². The summed E-state index contributed by atoms with van der Waals surface area (Å²) in [5.74, 6) is 0.672. The summed E-state index contributed by atoms with van der Waals surface area (Å²) in [6.07, 6.45) is 9.26. The van der Waals surface area contributed by atoms with Crippen molar-refractivity contribution in [1.29, 1.82) is 0 Å². The first kappa shape index (κ1) is 15.5. The van der Waals surface area contributed by atoms with Gasteiger partial charge in [-0.15, -0.1) is 10.2 Å². The maximum absolute atomic E-state index is 3.91. The zero-order chi connectivity index (χ0) is 14.8. The highest BCUT2D eigenvalue weighted by Gasteiger charge is 1.99. The van der Waals surface area contributed by atoms with Crippen LogP contribution in [0.2, 0.25) is 0 Å². The lowest BCUT2D eigenvalue weighted by Gasteiger charge is -2.06. The third-order valence-electron chi connectivity index (χ3n) is 3.61. The number of benzene rings is 1. The van der Waals surface area contributed by atoms with Crippen LogP contribution in [-0.4, -0.2) is 20.6 Å². The van der Waals surface area contributed by atoms with E-state index in [2.05, 4.69) is 57.1 Å². The molecule has 0 amide bonds. The summed E-state index contributed by atoms with van der Waals surface area (Å²) in [5, 5.41) is 17.1. The number of nitrogens with zero attached hydrogens (tertiary/aromatic N) is 3. The Labute approximate surface area is 126 Å². The molecule has 1 aromatic carbocycles. The van der Waals surface area contributed by atoms with Crippen LogP contribution in [0.15, 0.2) is 24.3 Å². The Kier molecular flexibility index (Phi) is 6.71. The molecule has 0 saturated heterocycles. The standard InChI is InChI=1S/C16H25N5/c1-2-3-4-5-6-7-8-14-9-11-15(12-10-14)17-13-16-18-20-21-19-16/h9-12,17H,2-8,13H2,1H3,(H,18,19,20,21). The molecule has 0 aliphatic carbocycles. The number of anilines is 1. The minimum Gasteiger partial charge on any atom is -0.378 e. The number of aromatic nitrogens is 4. The van der Waals surface area contributed by atoms with Gasteiger partial charge in [-0.2, -0.15) is 5.21 Å². The van der Waals surface area contributed by atoms with E-state index in [9.17, 15) is 0 Å². The number of tetrazole rings is 1. The van der Waals surface area contributed by atoms with Crippen LogP contribution >= 0.6 is 0 Å². The van der Waals surface area contributed by atoms with Gasteiger partial charge in [0.1, 0.15) is 0 Å². The molecule has 5 nitrogen and oxygen atoms in total. The number of hydrogen-bond acceptors (Lipinski definition) is 4. The SMILES string of the molecule is CCCCCCCCc1ccc(NCc2nn[nH]n2)cc1. The van der Waals surface area contributed by atoms with Crippen molar-refractivity contribution in [1.82, 2.24) is 20.6 Å². The Bertz CT molecular complexity index is 478. The van der Waals surface area contributed by atoms with Crippen molar-refractivity contribution >= 4 is 5.69 Å². The first-order valence-electron chi connectivity index (χ1n) is 7.93. The summed E-state index contributed by atoms with van der Waals surface area (Å²) in [6, 6.07) is 8.63. The summed E-state index contributed by atoms with van der Waals surface area (Å²) in [5.41, 5.74) is 2.50. The van der Waals surface area contributed by atoms with E-state index < -0.39 is 0 Å². The molecule has 0 aliphatic rings. The van der Waals surface area contributed by atoms with Gasteiger partial charge in [-0.05, 0) is 30.5 Å². The molecule has 2 N–H and O–H groups in total. The summed E-state index contributed by atoms with van der Waals surface area (Å²) in [7, 11) is 0. The van der Waals surface area contributed by atoms with Gasteiger partial charge in [-0.25, -0.2) is 0 Å². The van der Waals surface area contributed by atoms with Crippen LogP contribution in [-0.2, 0) is 13.0 Å². The zero-order valence-corrected chi connectivity index (χ0v) is 12.8. The lowest BCUT2D eigenvalue weighted by atomic mass is 10.0. The summed E-state index contributed by atoms with van der Waals surface area (Å²) in [6.45, 7) is 2.85. The number of aryl methyl sites for hydroxylation is 1. The quantitative estimate of drug-likeness (QED) is 0.654. The summed E-state index contributed by atoms with van der Waals surface area (Å²) < 4.78 is 0. The molecule has 0 radical (unpaired) electrons. The van der Waals surface area contributed by atoms with E-state index in [1.165, 1.54) is 50.5 Å². The number of aromatic amines is 1. The van der Waals surface area contributed by atoms with Gasteiger partial charge < -0.3 is 5.32 Å². The van der Waals surface area contributed by atoms with Crippen LogP contribution in [0.5, 0.6) is 0 Å². The maximum atomic E-state index is 3.91. The van der Waals surface area contributed by atoms with Crippen molar-refractivity contribution in [3.8, 4) is 0 Å². The van der Waals surface area contributed by atoms with Crippen LogP contribution in [0, 0.1) is 0 Å². The molecular weight excluding hydrogens is 262 g/mol. The lowest BCUT2D eigenvalue weighted by molar-refractivity contribution is 0.607. The van der Waals surface area contributed by atoms with Gasteiger partial charge in [-0.1, -0.05) is 56.4 Å². The Morgan fingerprint density at radius 2 is 1.76 bits per heavy atom. The van der Waals surface area contributed by atoms with Crippen LogP contribution < -0.4 is 5.32 Å². The third kappa shape index (κ3) is 5.94. The number of unbranched alkanes of at least 4 members (excludes halogenated alkanes) is 5. The van der Waals surface area contributed by atoms with Gasteiger partial charge >= 0.3 is 0 Å². The van der Waals surface area contributed by atoms with E-state index in [4.69, 9.17) is 0 Å². The molecule has 1 aromatic heterocycles. The Morgan fingerprint density at radius 3 is 2.48 bits per heavy atom. The fourth-order valence-electron chi connectivity index (χ4n) is 2.34. The highest BCUT2D eigenvalue weighted by molar-refractivity contribution is 5.44. The fourth-order valence-corrected chi connectivity index (χ4v) is 2.34. The van der Waals surface area contributed by atoms with Crippen molar-refractivity contribution in [2.24, 2.45) is 0 Å². The van der Waals surface area contributed by atoms with Crippen LogP contribution in [0.25, 0.3) is 0 Å². The Hall–Kier alpha value is -1.91. The minimum atomic E-state index is 0.591. The van der Waals surface area contributed by atoms with E-state index in [-0.39, 0.29) is 0 Å². The third-order valence-corrected chi connectivity index (χ3v) is 3.61. The molecule has 0 saturated carbocycles. The van der Waals surface area contributed by atoms with Gasteiger partial charge in [-0.3, -0.25) is 0 Å². The molecule has 5 heteroatoms. The van der Waals surface area contributed by atoms with E-state index >= 15 is 0 Å². The van der Waals surface area contributed by atoms with Crippen molar-refractivity contribution in [3.63, 3.8) is 0 Å². The van der Waals surface area contributed by atoms with Crippen molar-refractivity contribution in [2.45, 2.75) is 58.4 Å². The first-order valence-corrected chi connectivity index (χ1v) is 7.93.